The van der Waals surface area contributed by atoms with Crippen LogP contribution in [0.1, 0.15) is 48.2 Å². The Morgan fingerprint density at radius 2 is 1.96 bits per heavy atom. The summed E-state index contributed by atoms with van der Waals surface area (Å²) >= 11 is 6.06. The minimum absolute atomic E-state index is 0.215. The van der Waals surface area contributed by atoms with E-state index in [1.807, 2.05) is 12.1 Å². The summed E-state index contributed by atoms with van der Waals surface area (Å²) < 4.78 is 10.9. The molecular weight excluding hydrogens is 378 g/mol. The molecule has 0 saturated carbocycles. The summed E-state index contributed by atoms with van der Waals surface area (Å²) in [6.07, 6.45) is 3.66. The van der Waals surface area contributed by atoms with E-state index >= 15 is 0 Å². The average Bonchev–Trinajstić information content (AvgIpc) is 2.69. The van der Waals surface area contributed by atoms with Crippen molar-refractivity contribution in [2.24, 2.45) is 0 Å². The van der Waals surface area contributed by atoms with Crippen LogP contribution >= 0.6 is 11.6 Å². The van der Waals surface area contributed by atoms with Crippen LogP contribution in [0.25, 0.3) is 0 Å². The number of halogens is 1. The van der Waals surface area contributed by atoms with Gasteiger partial charge in [-0.2, -0.15) is 0 Å². The maximum atomic E-state index is 12.6. The minimum atomic E-state index is -0.685. The molecule has 0 spiro atoms. The number of hydrogen-bond donors (Lipinski definition) is 1. The zero-order chi connectivity index (χ0) is 20.1. The third kappa shape index (κ3) is 4.65. The molecule has 1 atom stereocenters. The third-order valence-corrected chi connectivity index (χ3v) is 5.08. The Balaban J connectivity index is 1.70. The molecule has 5 nitrogen and oxygen atoms in total. The van der Waals surface area contributed by atoms with E-state index in [1.54, 1.807) is 26.0 Å². The molecule has 1 aliphatic rings. The van der Waals surface area contributed by atoms with Gasteiger partial charge >= 0.3 is 5.97 Å². The molecular formula is C22H24ClNO4. The fourth-order valence-electron chi connectivity index (χ4n) is 3.31. The van der Waals surface area contributed by atoms with Crippen molar-refractivity contribution >= 4 is 29.2 Å². The molecule has 3 rings (SSSR count). The number of carbonyl (C=O) groups excluding carboxylic acids is 2. The molecule has 0 aromatic heterocycles. The van der Waals surface area contributed by atoms with E-state index in [-0.39, 0.29) is 23.1 Å². The first kappa shape index (κ1) is 20.2. The fourth-order valence-corrected chi connectivity index (χ4v) is 3.51. The van der Waals surface area contributed by atoms with Crippen LogP contribution in [0.4, 0.5) is 5.69 Å². The molecule has 1 aliphatic carbocycles. The number of rotatable bonds is 6. The van der Waals surface area contributed by atoms with Crippen molar-refractivity contribution < 1.29 is 19.1 Å². The van der Waals surface area contributed by atoms with Crippen LogP contribution in [0.3, 0.4) is 0 Å². The summed E-state index contributed by atoms with van der Waals surface area (Å²) in [5, 5.41) is 3.05. The van der Waals surface area contributed by atoms with Crippen LogP contribution < -0.4 is 10.1 Å². The zero-order valence-corrected chi connectivity index (χ0v) is 16.8. The van der Waals surface area contributed by atoms with E-state index < -0.39 is 12.1 Å². The Labute approximate surface area is 170 Å². The lowest BCUT2D eigenvalue weighted by Crippen LogP contribution is -2.30. The van der Waals surface area contributed by atoms with Crippen molar-refractivity contribution in [2.45, 2.75) is 45.6 Å². The van der Waals surface area contributed by atoms with Gasteiger partial charge in [0, 0.05) is 5.69 Å². The first-order valence-corrected chi connectivity index (χ1v) is 9.92. The molecule has 2 aromatic rings. The molecule has 1 amide bonds. The lowest BCUT2D eigenvalue weighted by Gasteiger charge is -2.22. The Hall–Kier alpha value is -2.53. The van der Waals surface area contributed by atoms with Gasteiger partial charge in [0.25, 0.3) is 5.91 Å². The van der Waals surface area contributed by atoms with Crippen molar-refractivity contribution in [1.82, 2.24) is 0 Å². The maximum absolute atomic E-state index is 12.6. The average molecular weight is 402 g/mol. The Kier molecular flexibility index (Phi) is 6.57. The minimum Gasteiger partial charge on any atom is -0.481 e. The highest BCUT2D eigenvalue weighted by atomic mass is 35.5. The zero-order valence-electron chi connectivity index (χ0n) is 16.1. The Morgan fingerprint density at radius 1 is 1.18 bits per heavy atom. The van der Waals surface area contributed by atoms with Crippen molar-refractivity contribution in [2.75, 3.05) is 11.9 Å². The van der Waals surface area contributed by atoms with E-state index in [0.717, 1.165) is 25.0 Å². The highest BCUT2D eigenvalue weighted by molar-refractivity contribution is 6.33. The first-order valence-electron chi connectivity index (χ1n) is 9.54. The predicted octanol–water partition coefficient (Wildman–Crippen LogP) is 4.80. The number of amides is 1. The summed E-state index contributed by atoms with van der Waals surface area (Å²) in [4.78, 5) is 24.6. The van der Waals surface area contributed by atoms with Crippen molar-refractivity contribution in [3.63, 3.8) is 0 Å². The van der Waals surface area contributed by atoms with Gasteiger partial charge in [0.05, 0.1) is 17.2 Å². The standard InChI is InChI=1S/C22H24ClNO4/c1-3-27-22(26)18-13-16(11-12-19(18)23)24-21(25)14(2)28-20-10-6-8-15-7-4-5-9-17(15)20/h6,8,10-14H,3-5,7,9H2,1-2H3,(H,24,25). The van der Waals surface area contributed by atoms with Gasteiger partial charge in [-0.3, -0.25) is 4.79 Å². The predicted molar refractivity (Wildman–Crippen MR) is 109 cm³/mol. The van der Waals surface area contributed by atoms with Gasteiger partial charge < -0.3 is 14.8 Å². The molecule has 0 radical (unpaired) electrons. The Bertz CT molecular complexity index is 881. The molecule has 148 valence electrons. The number of nitrogens with one attached hydrogen (secondary N) is 1. The number of fused-ring (bicyclic) bond motifs is 1. The number of hydrogen-bond acceptors (Lipinski definition) is 4. The van der Waals surface area contributed by atoms with E-state index in [4.69, 9.17) is 21.1 Å². The fraction of sp³-hybridized carbons (Fsp3) is 0.364. The van der Waals surface area contributed by atoms with E-state index in [9.17, 15) is 9.59 Å². The summed E-state index contributed by atoms with van der Waals surface area (Å²) in [6.45, 7) is 3.68. The number of aryl methyl sites for hydroxylation is 1. The summed E-state index contributed by atoms with van der Waals surface area (Å²) in [7, 11) is 0. The smallest absolute Gasteiger partial charge is 0.339 e. The molecule has 6 heteroatoms. The quantitative estimate of drug-likeness (QED) is 0.706. The van der Waals surface area contributed by atoms with E-state index in [2.05, 4.69) is 11.4 Å². The van der Waals surface area contributed by atoms with Crippen molar-refractivity contribution in [3.8, 4) is 5.75 Å². The topological polar surface area (TPSA) is 64.6 Å². The number of anilines is 1. The van der Waals surface area contributed by atoms with Crippen molar-refractivity contribution in [3.05, 3.63) is 58.1 Å². The van der Waals surface area contributed by atoms with Crippen LogP contribution in [-0.2, 0) is 22.4 Å². The third-order valence-electron chi connectivity index (χ3n) is 4.76. The Morgan fingerprint density at radius 3 is 2.75 bits per heavy atom. The molecule has 0 bridgehead atoms. The summed E-state index contributed by atoms with van der Waals surface area (Å²) in [5.41, 5.74) is 3.17. The van der Waals surface area contributed by atoms with Crippen LogP contribution in [0.15, 0.2) is 36.4 Å². The highest BCUT2D eigenvalue weighted by Crippen LogP contribution is 2.30. The molecule has 0 aliphatic heterocycles. The number of ether oxygens (including phenoxy) is 2. The van der Waals surface area contributed by atoms with Gasteiger partial charge in [-0.25, -0.2) is 4.79 Å². The first-order chi connectivity index (χ1) is 13.5. The molecule has 2 aromatic carbocycles. The summed E-state index contributed by atoms with van der Waals surface area (Å²) in [6, 6.07) is 10.7. The molecule has 0 fully saturated rings. The second-order valence-electron chi connectivity index (χ2n) is 6.77. The molecule has 28 heavy (non-hydrogen) atoms. The maximum Gasteiger partial charge on any atom is 0.339 e. The SMILES string of the molecule is CCOC(=O)c1cc(NC(=O)C(C)Oc2cccc3c2CCCC3)ccc1Cl. The monoisotopic (exact) mass is 401 g/mol. The highest BCUT2D eigenvalue weighted by Gasteiger charge is 2.20. The number of carbonyl (C=O) groups is 2. The van der Waals surface area contributed by atoms with Crippen LogP contribution in [0, 0.1) is 0 Å². The molecule has 0 heterocycles. The van der Waals surface area contributed by atoms with Crippen LogP contribution in [0.2, 0.25) is 5.02 Å². The van der Waals surface area contributed by atoms with E-state index in [0.29, 0.717) is 5.69 Å². The van der Waals surface area contributed by atoms with Gasteiger partial charge in [-0.05, 0) is 74.9 Å². The summed E-state index contributed by atoms with van der Waals surface area (Å²) in [5.74, 6) is -0.0578. The van der Waals surface area contributed by atoms with E-state index in [1.165, 1.54) is 23.6 Å². The normalized spacial score (nSPS) is 14.0. The number of esters is 1. The van der Waals surface area contributed by atoms with Crippen molar-refractivity contribution in [1.29, 1.82) is 0 Å². The van der Waals surface area contributed by atoms with Gasteiger partial charge in [-0.15, -0.1) is 0 Å². The van der Waals surface area contributed by atoms with Gasteiger partial charge in [0.1, 0.15) is 5.75 Å². The largest absolute Gasteiger partial charge is 0.481 e. The van der Waals surface area contributed by atoms with Crippen LogP contribution in [-0.4, -0.2) is 24.6 Å². The second kappa shape index (κ2) is 9.11. The van der Waals surface area contributed by atoms with Gasteiger partial charge in [-0.1, -0.05) is 23.7 Å². The van der Waals surface area contributed by atoms with Crippen LogP contribution in [0.5, 0.6) is 5.75 Å². The lowest BCUT2D eigenvalue weighted by atomic mass is 9.91. The van der Waals surface area contributed by atoms with Gasteiger partial charge in [0.2, 0.25) is 0 Å². The number of benzene rings is 2. The lowest BCUT2D eigenvalue weighted by molar-refractivity contribution is -0.122. The van der Waals surface area contributed by atoms with Gasteiger partial charge in [0.15, 0.2) is 6.10 Å². The molecule has 1 N–H and O–H groups in total. The molecule has 1 unspecified atom stereocenters. The second-order valence-corrected chi connectivity index (χ2v) is 7.17. The molecule has 0 saturated heterocycles.